The molecule has 0 heterocycles. The molecular weight excluding hydrogens is 266 g/mol. The van der Waals surface area contributed by atoms with E-state index in [0.717, 1.165) is 11.1 Å². The SMILES string of the molecule is Cc1ccc(C(N)CS(=O)Cc2cccc(C)c2)cc1. The summed E-state index contributed by atoms with van der Waals surface area (Å²) in [6.07, 6.45) is 0. The summed E-state index contributed by atoms with van der Waals surface area (Å²) in [5, 5.41) is 0. The topological polar surface area (TPSA) is 43.1 Å². The van der Waals surface area contributed by atoms with Gasteiger partial charge in [0.2, 0.25) is 0 Å². The Kier molecular flexibility index (Phi) is 5.10. The lowest BCUT2D eigenvalue weighted by Gasteiger charge is -2.12. The predicted octanol–water partition coefficient (Wildman–Crippen LogP) is 3.25. The number of benzene rings is 2. The summed E-state index contributed by atoms with van der Waals surface area (Å²) in [6.45, 7) is 4.09. The third-order valence-electron chi connectivity index (χ3n) is 3.28. The van der Waals surface area contributed by atoms with Crippen LogP contribution in [0, 0.1) is 13.8 Å². The Hall–Kier alpha value is -1.45. The second kappa shape index (κ2) is 6.82. The Morgan fingerprint density at radius 2 is 1.75 bits per heavy atom. The van der Waals surface area contributed by atoms with Gasteiger partial charge in [-0.15, -0.1) is 0 Å². The molecule has 0 saturated heterocycles. The van der Waals surface area contributed by atoms with Crippen LogP contribution in [0.2, 0.25) is 0 Å². The average molecular weight is 287 g/mol. The summed E-state index contributed by atoms with van der Waals surface area (Å²) in [7, 11) is -0.940. The van der Waals surface area contributed by atoms with Gasteiger partial charge in [-0.25, -0.2) is 0 Å². The van der Waals surface area contributed by atoms with E-state index in [2.05, 4.69) is 6.07 Å². The van der Waals surface area contributed by atoms with E-state index < -0.39 is 10.8 Å². The highest BCUT2D eigenvalue weighted by atomic mass is 32.2. The van der Waals surface area contributed by atoms with Crippen LogP contribution in [-0.4, -0.2) is 9.96 Å². The van der Waals surface area contributed by atoms with Gasteiger partial charge in [-0.2, -0.15) is 0 Å². The zero-order valence-electron chi connectivity index (χ0n) is 12.0. The quantitative estimate of drug-likeness (QED) is 0.917. The summed E-state index contributed by atoms with van der Waals surface area (Å²) >= 11 is 0. The van der Waals surface area contributed by atoms with Crippen molar-refractivity contribution >= 4 is 10.8 Å². The standard InChI is InChI=1S/C17H21NOS/c1-13-6-8-16(9-7-13)17(18)12-20(19)11-15-5-3-4-14(2)10-15/h3-10,17H,11-12,18H2,1-2H3. The van der Waals surface area contributed by atoms with Gasteiger partial charge >= 0.3 is 0 Å². The van der Waals surface area contributed by atoms with Crippen molar-refractivity contribution in [3.8, 4) is 0 Å². The molecule has 3 heteroatoms. The Balaban J connectivity index is 1.95. The highest BCUT2D eigenvalue weighted by Gasteiger charge is 2.11. The molecule has 2 unspecified atom stereocenters. The maximum atomic E-state index is 12.2. The van der Waals surface area contributed by atoms with Crippen LogP contribution in [0.4, 0.5) is 0 Å². The van der Waals surface area contributed by atoms with Crippen LogP contribution >= 0.6 is 0 Å². The first-order chi connectivity index (χ1) is 9.54. The molecule has 0 spiro atoms. The van der Waals surface area contributed by atoms with Crippen LogP contribution < -0.4 is 5.73 Å². The molecule has 2 aromatic carbocycles. The number of rotatable bonds is 5. The Morgan fingerprint density at radius 1 is 1.05 bits per heavy atom. The summed E-state index contributed by atoms with van der Waals surface area (Å²) in [6, 6.07) is 16.1. The van der Waals surface area contributed by atoms with Gasteiger partial charge in [-0.3, -0.25) is 4.21 Å². The molecule has 2 aromatic rings. The summed E-state index contributed by atoms with van der Waals surface area (Å²) < 4.78 is 12.2. The molecule has 0 fully saturated rings. The van der Waals surface area contributed by atoms with Gasteiger partial charge in [-0.1, -0.05) is 59.7 Å². The monoisotopic (exact) mass is 287 g/mol. The first kappa shape index (κ1) is 14.9. The van der Waals surface area contributed by atoms with Gasteiger partial charge in [-0.05, 0) is 25.0 Å². The minimum atomic E-state index is -0.940. The fraction of sp³-hybridized carbons (Fsp3) is 0.294. The minimum absolute atomic E-state index is 0.166. The van der Waals surface area contributed by atoms with Crippen molar-refractivity contribution < 1.29 is 4.21 Å². The van der Waals surface area contributed by atoms with Crippen molar-refractivity contribution in [2.24, 2.45) is 5.73 Å². The van der Waals surface area contributed by atoms with Gasteiger partial charge in [0.05, 0.1) is 0 Å². The van der Waals surface area contributed by atoms with Crippen molar-refractivity contribution in [1.29, 1.82) is 0 Å². The molecule has 106 valence electrons. The fourth-order valence-electron chi connectivity index (χ4n) is 2.16. The molecule has 20 heavy (non-hydrogen) atoms. The van der Waals surface area contributed by atoms with Gasteiger partial charge in [0.1, 0.15) is 0 Å². The lowest BCUT2D eigenvalue weighted by atomic mass is 10.1. The molecule has 2 rings (SSSR count). The number of aryl methyl sites for hydroxylation is 2. The summed E-state index contributed by atoms with van der Waals surface area (Å²) in [5.74, 6) is 1.07. The molecule has 2 nitrogen and oxygen atoms in total. The molecule has 0 amide bonds. The zero-order valence-corrected chi connectivity index (χ0v) is 12.8. The van der Waals surface area contributed by atoms with E-state index in [9.17, 15) is 4.21 Å². The van der Waals surface area contributed by atoms with Crippen LogP contribution in [0.5, 0.6) is 0 Å². The van der Waals surface area contributed by atoms with Crippen molar-refractivity contribution in [3.63, 3.8) is 0 Å². The van der Waals surface area contributed by atoms with Crippen LogP contribution in [0.25, 0.3) is 0 Å². The maximum absolute atomic E-state index is 12.2. The lowest BCUT2D eigenvalue weighted by molar-refractivity contribution is 0.674. The first-order valence-corrected chi connectivity index (χ1v) is 8.26. The smallest absolute Gasteiger partial charge is 0.0486 e. The largest absolute Gasteiger partial charge is 0.323 e. The van der Waals surface area contributed by atoms with E-state index in [1.54, 1.807) is 0 Å². The minimum Gasteiger partial charge on any atom is -0.323 e. The highest BCUT2D eigenvalue weighted by molar-refractivity contribution is 7.84. The van der Waals surface area contributed by atoms with Crippen LogP contribution in [0.15, 0.2) is 48.5 Å². The zero-order chi connectivity index (χ0) is 14.5. The van der Waals surface area contributed by atoms with Gasteiger partial charge in [0.15, 0.2) is 0 Å². The van der Waals surface area contributed by atoms with Gasteiger partial charge in [0, 0.05) is 28.3 Å². The average Bonchev–Trinajstić information content (AvgIpc) is 2.39. The summed E-state index contributed by atoms with van der Waals surface area (Å²) in [4.78, 5) is 0. The van der Waals surface area contributed by atoms with Crippen LogP contribution in [-0.2, 0) is 16.6 Å². The van der Waals surface area contributed by atoms with Crippen molar-refractivity contribution in [2.75, 3.05) is 5.75 Å². The Bertz CT molecular complexity index is 592. The molecule has 0 saturated carbocycles. The molecule has 2 atom stereocenters. The third-order valence-corrected chi connectivity index (χ3v) is 4.67. The fourth-order valence-corrected chi connectivity index (χ4v) is 3.42. The van der Waals surface area contributed by atoms with Crippen LogP contribution in [0.3, 0.4) is 0 Å². The van der Waals surface area contributed by atoms with Crippen molar-refractivity contribution in [1.82, 2.24) is 0 Å². The molecule has 0 bridgehead atoms. The second-order valence-electron chi connectivity index (χ2n) is 5.26. The molecule has 2 N–H and O–H groups in total. The van der Waals surface area contributed by atoms with E-state index >= 15 is 0 Å². The highest BCUT2D eigenvalue weighted by Crippen LogP contribution is 2.14. The van der Waals surface area contributed by atoms with Crippen LogP contribution in [0.1, 0.15) is 28.3 Å². The molecule has 0 aliphatic carbocycles. The predicted molar refractivity (Wildman–Crippen MR) is 86.0 cm³/mol. The molecule has 0 radical (unpaired) electrons. The number of hydrogen-bond acceptors (Lipinski definition) is 2. The summed E-state index contributed by atoms with van der Waals surface area (Å²) in [5.41, 5.74) is 10.7. The number of hydrogen-bond donors (Lipinski definition) is 1. The molecule has 0 aliphatic heterocycles. The lowest BCUT2D eigenvalue weighted by Crippen LogP contribution is -2.19. The normalized spacial score (nSPS) is 13.9. The second-order valence-corrected chi connectivity index (χ2v) is 6.76. The van der Waals surface area contributed by atoms with Gasteiger partial charge in [0.25, 0.3) is 0 Å². The maximum Gasteiger partial charge on any atom is 0.0486 e. The van der Waals surface area contributed by atoms with Crippen molar-refractivity contribution in [3.05, 3.63) is 70.8 Å². The number of nitrogens with two attached hydrogens (primary N) is 1. The van der Waals surface area contributed by atoms with E-state index in [0.29, 0.717) is 11.5 Å². The van der Waals surface area contributed by atoms with E-state index in [1.807, 2.05) is 56.3 Å². The van der Waals surface area contributed by atoms with Gasteiger partial charge < -0.3 is 5.73 Å². The molecule has 0 aliphatic rings. The molecular formula is C17H21NOS. The first-order valence-electron chi connectivity index (χ1n) is 6.77. The Labute approximate surface area is 123 Å². The van der Waals surface area contributed by atoms with E-state index in [-0.39, 0.29) is 6.04 Å². The van der Waals surface area contributed by atoms with Crippen molar-refractivity contribution in [2.45, 2.75) is 25.6 Å². The molecule has 0 aromatic heterocycles. The van der Waals surface area contributed by atoms with E-state index in [1.165, 1.54) is 11.1 Å². The van der Waals surface area contributed by atoms with E-state index in [4.69, 9.17) is 5.73 Å². The third kappa shape index (κ3) is 4.29. The Morgan fingerprint density at radius 3 is 2.40 bits per heavy atom.